The van der Waals surface area contributed by atoms with Gasteiger partial charge in [-0.3, -0.25) is 14.6 Å². The van der Waals surface area contributed by atoms with Gasteiger partial charge in [-0.2, -0.15) is 0 Å². The van der Waals surface area contributed by atoms with Crippen LogP contribution in [0.2, 0.25) is 5.02 Å². The summed E-state index contributed by atoms with van der Waals surface area (Å²) < 4.78 is 0. The topological polar surface area (TPSA) is 86.3 Å². The third kappa shape index (κ3) is 3.27. The normalized spacial score (nSPS) is 21.3. The zero-order valence-electron chi connectivity index (χ0n) is 13.6. The van der Waals surface area contributed by atoms with Gasteiger partial charge in [-0.25, -0.2) is 0 Å². The predicted octanol–water partition coefficient (Wildman–Crippen LogP) is 2.93. The van der Waals surface area contributed by atoms with E-state index in [4.69, 9.17) is 11.6 Å². The lowest BCUT2D eigenvalue weighted by Crippen LogP contribution is -2.22. The standard InChI is InChI=1S/C18H15ClN4O2S/c19-11-3-1-10(2-4-11)9-22-18-23-17(25)15(26-18)13-6-8-21-16(24)14-12(13)5-7-20-14/h1-5,7,20H,6,8-9H2,(H,21,24)(H,22,23,25)/b15-13-. The average Bonchev–Trinajstić information content (AvgIpc) is 3.22. The first-order valence-electron chi connectivity index (χ1n) is 8.09. The number of fused-ring (bicyclic) bond motifs is 1. The third-order valence-corrected chi connectivity index (χ3v) is 5.49. The summed E-state index contributed by atoms with van der Waals surface area (Å²) in [6, 6.07) is 9.27. The minimum atomic E-state index is -0.179. The van der Waals surface area contributed by atoms with Crippen LogP contribution in [-0.4, -0.2) is 28.5 Å². The lowest BCUT2D eigenvalue weighted by Gasteiger charge is -2.05. The molecule has 132 valence electrons. The molecule has 2 amide bonds. The summed E-state index contributed by atoms with van der Waals surface area (Å²) in [5.41, 5.74) is 3.13. The summed E-state index contributed by atoms with van der Waals surface area (Å²) in [6.07, 6.45) is 2.31. The molecule has 0 saturated carbocycles. The van der Waals surface area contributed by atoms with E-state index < -0.39 is 0 Å². The van der Waals surface area contributed by atoms with E-state index in [0.29, 0.717) is 40.3 Å². The number of hydrogen-bond donors (Lipinski definition) is 3. The number of hydrogen-bond acceptors (Lipinski definition) is 4. The average molecular weight is 387 g/mol. The summed E-state index contributed by atoms with van der Waals surface area (Å²) in [6.45, 7) is 0.948. The van der Waals surface area contributed by atoms with Crippen LogP contribution in [-0.2, 0) is 11.3 Å². The minimum absolute atomic E-state index is 0.152. The van der Waals surface area contributed by atoms with Crippen LogP contribution in [0.1, 0.15) is 28.0 Å². The summed E-state index contributed by atoms with van der Waals surface area (Å²) in [4.78, 5) is 32.5. The lowest BCUT2D eigenvalue weighted by molar-refractivity contribution is -0.115. The number of thioether (sulfide) groups is 1. The Morgan fingerprint density at radius 1 is 1.12 bits per heavy atom. The molecule has 0 spiro atoms. The third-order valence-electron chi connectivity index (χ3n) is 4.18. The first kappa shape index (κ1) is 16.9. The molecular formula is C18H15ClN4O2S. The Labute approximate surface area is 159 Å². The number of carbonyl (C=O) groups is 2. The summed E-state index contributed by atoms with van der Waals surface area (Å²) in [5.74, 6) is -0.331. The van der Waals surface area contributed by atoms with Crippen LogP contribution >= 0.6 is 23.4 Å². The van der Waals surface area contributed by atoms with E-state index in [0.717, 1.165) is 16.7 Å². The van der Waals surface area contributed by atoms with Gasteiger partial charge >= 0.3 is 0 Å². The van der Waals surface area contributed by atoms with Crippen molar-refractivity contribution in [1.82, 2.24) is 15.6 Å². The van der Waals surface area contributed by atoms with Crippen LogP contribution in [0.5, 0.6) is 0 Å². The number of benzene rings is 1. The van der Waals surface area contributed by atoms with Crippen molar-refractivity contribution < 1.29 is 9.59 Å². The number of carbonyl (C=O) groups excluding carboxylic acids is 2. The van der Waals surface area contributed by atoms with Gasteiger partial charge in [0.1, 0.15) is 5.69 Å². The highest BCUT2D eigenvalue weighted by Crippen LogP contribution is 2.36. The summed E-state index contributed by atoms with van der Waals surface area (Å²) in [7, 11) is 0. The number of nitrogens with zero attached hydrogens (tertiary/aromatic N) is 1. The zero-order chi connectivity index (χ0) is 18.1. The largest absolute Gasteiger partial charge is 0.357 e. The molecule has 1 saturated heterocycles. The number of nitrogens with one attached hydrogen (secondary N) is 3. The molecule has 3 N–H and O–H groups in total. The van der Waals surface area contributed by atoms with E-state index in [1.807, 2.05) is 30.3 Å². The number of aromatic nitrogens is 1. The van der Waals surface area contributed by atoms with E-state index in [2.05, 4.69) is 20.6 Å². The molecule has 0 unspecified atom stereocenters. The number of halogens is 1. The van der Waals surface area contributed by atoms with Crippen molar-refractivity contribution in [3.63, 3.8) is 0 Å². The fraction of sp³-hybridized carbons (Fsp3) is 0.167. The highest BCUT2D eigenvalue weighted by Gasteiger charge is 2.30. The van der Waals surface area contributed by atoms with E-state index in [-0.39, 0.29) is 11.8 Å². The maximum absolute atomic E-state index is 12.5. The molecule has 2 aromatic rings. The molecule has 0 atom stereocenters. The molecule has 3 heterocycles. The molecule has 1 aromatic heterocycles. The summed E-state index contributed by atoms with van der Waals surface area (Å²) in [5, 5.41) is 6.88. The van der Waals surface area contributed by atoms with Gasteiger partial charge in [0.2, 0.25) is 0 Å². The van der Waals surface area contributed by atoms with Gasteiger partial charge in [-0.1, -0.05) is 23.7 Å². The summed E-state index contributed by atoms with van der Waals surface area (Å²) >= 11 is 7.20. The molecule has 26 heavy (non-hydrogen) atoms. The molecule has 1 aromatic carbocycles. The number of H-pyrrole nitrogens is 1. The Morgan fingerprint density at radius 3 is 2.73 bits per heavy atom. The van der Waals surface area contributed by atoms with Crippen LogP contribution < -0.4 is 10.6 Å². The van der Waals surface area contributed by atoms with Gasteiger partial charge < -0.3 is 15.6 Å². The molecular weight excluding hydrogens is 372 g/mol. The van der Waals surface area contributed by atoms with Crippen molar-refractivity contribution in [2.45, 2.75) is 13.0 Å². The minimum Gasteiger partial charge on any atom is -0.357 e. The van der Waals surface area contributed by atoms with Gasteiger partial charge in [0.05, 0.1) is 11.4 Å². The fourth-order valence-corrected chi connectivity index (χ4v) is 3.99. The van der Waals surface area contributed by atoms with Crippen LogP contribution in [0, 0.1) is 0 Å². The lowest BCUT2D eigenvalue weighted by atomic mass is 10.0. The highest BCUT2D eigenvalue weighted by atomic mass is 35.5. The van der Waals surface area contributed by atoms with Crippen LogP contribution in [0.4, 0.5) is 0 Å². The van der Waals surface area contributed by atoms with Gasteiger partial charge in [0.25, 0.3) is 11.8 Å². The molecule has 0 bridgehead atoms. The molecule has 2 aliphatic heterocycles. The van der Waals surface area contributed by atoms with Crippen molar-refractivity contribution in [3.05, 3.63) is 63.3 Å². The van der Waals surface area contributed by atoms with Crippen LogP contribution in [0.25, 0.3) is 5.57 Å². The second-order valence-corrected chi connectivity index (χ2v) is 7.32. The van der Waals surface area contributed by atoms with E-state index in [1.165, 1.54) is 11.8 Å². The zero-order valence-corrected chi connectivity index (χ0v) is 15.2. The van der Waals surface area contributed by atoms with Gasteiger partial charge in [0.15, 0.2) is 5.17 Å². The second-order valence-electron chi connectivity index (χ2n) is 5.88. The number of rotatable bonds is 2. The first-order valence-corrected chi connectivity index (χ1v) is 9.28. The molecule has 8 heteroatoms. The van der Waals surface area contributed by atoms with E-state index >= 15 is 0 Å². The molecule has 0 aliphatic carbocycles. The first-order chi connectivity index (χ1) is 12.6. The predicted molar refractivity (Wildman–Crippen MR) is 103 cm³/mol. The van der Waals surface area contributed by atoms with Gasteiger partial charge in [0, 0.05) is 23.3 Å². The Kier molecular flexibility index (Phi) is 4.57. The fourth-order valence-electron chi connectivity index (χ4n) is 2.91. The number of aliphatic imine (C=N–C) groups is 1. The number of amidine groups is 1. The smallest absolute Gasteiger partial charge is 0.268 e. The monoisotopic (exact) mass is 386 g/mol. The van der Waals surface area contributed by atoms with Crippen molar-refractivity contribution in [1.29, 1.82) is 0 Å². The molecule has 2 aliphatic rings. The Morgan fingerprint density at radius 2 is 1.92 bits per heavy atom. The quantitative estimate of drug-likeness (QED) is 0.693. The molecule has 4 rings (SSSR count). The molecule has 6 nitrogen and oxygen atoms in total. The van der Waals surface area contributed by atoms with E-state index in [1.54, 1.807) is 6.20 Å². The molecule has 0 radical (unpaired) electrons. The van der Waals surface area contributed by atoms with Gasteiger partial charge in [-0.15, -0.1) is 0 Å². The second kappa shape index (κ2) is 7.01. The molecule has 1 fully saturated rings. The van der Waals surface area contributed by atoms with Crippen molar-refractivity contribution in [3.8, 4) is 0 Å². The van der Waals surface area contributed by atoms with Crippen molar-refractivity contribution in [2.24, 2.45) is 4.99 Å². The highest BCUT2D eigenvalue weighted by molar-refractivity contribution is 8.18. The maximum atomic E-state index is 12.5. The Hall–Kier alpha value is -2.51. The maximum Gasteiger partial charge on any atom is 0.268 e. The van der Waals surface area contributed by atoms with Crippen LogP contribution in [0.3, 0.4) is 0 Å². The van der Waals surface area contributed by atoms with Crippen molar-refractivity contribution >= 4 is 45.9 Å². The van der Waals surface area contributed by atoms with E-state index in [9.17, 15) is 9.59 Å². The Balaban J connectivity index is 1.61. The van der Waals surface area contributed by atoms with Crippen LogP contribution in [0.15, 0.2) is 46.4 Å². The number of aromatic amines is 1. The Bertz CT molecular complexity index is 946. The SMILES string of the molecule is O=C1NC(=NCc2ccc(Cl)cc2)S/C1=C1/CCNC(=O)c2[nH]ccc21. The van der Waals surface area contributed by atoms with Crippen molar-refractivity contribution in [2.75, 3.05) is 6.54 Å². The van der Waals surface area contributed by atoms with Gasteiger partial charge in [-0.05, 0) is 47.5 Å². The number of amides is 2.